The van der Waals surface area contributed by atoms with Gasteiger partial charge in [0, 0.05) is 21.6 Å². The molecule has 0 saturated heterocycles. The SMILES string of the molecule is Cc1ccc(-c2csc(Nc3ccc(Br)cn3)n2)cc1. The summed E-state index contributed by atoms with van der Waals surface area (Å²) in [4.78, 5) is 8.86. The van der Waals surface area contributed by atoms with E-state index in [9.17, 15) is 0 Å². The zero-order valence-corrected chi connectivity index (χ0v) is 13.2. The lowest BCUT2D eigenvalue weighted by molar-refractivity contribution is 1.27. The molecule has 3 aromatic rings. The standard InChI is InChI=1S/C15H12BrN3S/c1-10-2-4-11(5-3-10)13-9-20-15(18-13)19-14-7-6-12(16)8-17-14/h2-9H,1H3,(H,17,18,19). The summed E-state index contributed by atoms with van der Waals surface area (Å²) in [5.74, 6) is 0.790. The number of nitrogens with zero attached hydrogens (tertiary/aromatic N) is 2. The summed E-state index contributed by atoms with van der Waals surface area (Å²) in [5, 5.41) is 6.10. The van der Waals surface area contributed by atoms with Gasteiger partial charge in [0.15, 0.2) is 5.13 Å². The first-order valence-electron chi connectivity index (χ1n) is 6.12. The maximum Gasteiger partial charge on any atom is 0.188 e. The third-order valence-corrected chi connectivity index (χ3v) is 4.04. The number of rotatable bonds is 3. The van der Waals surface area contributed by atoms with E-state index in [4.69, 9.17) is 0 Å². The van der Waals surface area contributed by atoms with Gasteiger partial charge in [-0.1, -0.05) is 29.8 Å². The molecule has 0 aliphatic carbocycles. The molecule has 0 bridgehead atoms. The zero-order valence-electron chi connectivity index (χ0n) is 10.8. The van der Waals surface area contributed by atoms with E-state index in [0.717, 1.165) is 26.7 Å². The Balaban J connectivity index is 1.80. The lowest BCUT2D eigenvalue weighted by atomic mass is 10.1. The number of hydrogen-bond acceptors (Lipinski definition) is 4. The minimum atomic E-state index is 0.790. The van der Waals surface area contributed by atoms with Crippen LogP contribution in [0.4, 0.5) is 10.9 Å². The summed E-state index contributed by atoms with van der Waals surface area (Å²) < 4.78 is 0.961. The molecule has 0 atom stereocenters. The monoisotopic (exact) mass is 345 g/mol. The molecule has 3 nitrogen and oxygen atoms in total. The van der Waals surface area contributed by atoms with E-state index < -0.39 is 0 Å². The number of benzene rings is 1. The Bertz CT molecular complexity index is 705. The van der Waals surface area contributed by atoms with E-state index in [-0.39, 0.29) is 0 Å². The van der Waals surface area contributed by atoms with Crippen molar-refractivity contribution in [1.29, 1.82) is 0 Å². The van der Waals surface area contributed by atoms with E-state index in [1.807, 2.05) is 17.5 Å². The summed E-state index contributed by atoms with van der Waals surface area (Å²) in [6.07, 6.45) is 1.76. The molecule has 3 rings (SSSR count). The summed E-state index contributed by atoms with van der Waals surface area (Å²) in [7, 11) is 0. The van der Waals surface area contributed by atoms with Crippen LogP contribution < -0.4 is 5.32 Å². The molecule has 0 spiro atoms. The van der Waals surface area contributed by atoms with Gasteiger partial charge in [-0.2, -0.15) is 0 Å². The Hall–Kier alpha value is -1.72. The van der Waals surface area contributed by atoms with Crippen LogP contribution in [-0.4, -0.2) is 9.97 Å². The molecule has 0 unspecified atom stereocenters. The summed E-state index contributed by atoms with van der Waals surface area (Å²) in [5.41, 5.74) is 3.36. The van der Waals surface area contributed by atoms with Gasteiger partial charge in [0.25, 0.3) is 0 Å². The van der Waals surface area contributed by atoms with Crippen LogP contribution in [-0.2, 0) is 0 Å². The van der Waals surface area contributed by atoms with E-state index in [1.54, 1.807) is 17.5 Å². The maximum atomic E-state index is 4.58. The van der Waals surface area contributed by atoms with Crippen molar-refractivity contribution in [2.45, 2.75) is 6.92 Å². The van der Waals surface area contributed by atoms with Gasteiger partial charge in [-0.15, -0.1) is 11.3 Å². The van der Waals surface area contributed by atoms with Gasteiger partial charge in [-0.05, 0) is 35.0 Å². The predicted molar refractivity (Wildman–Crippen MR) is 87.5 cm³/mol. The maximum absolute atomic E-state index is 4.58. The van der Waals surface area contributed by atoms with Crippen molar-refractivity contribution in [1.82, 2.24) is 9.97 Å². The van der Waals surface area contributed by atoms with E-state index in [2.05, 4.69) is 62.4 Å². The normalized spacial score (nSPS) is 10.5. The van der Waals surface area contributed by atoms with E-state index in [1.165, 1.54) is 5.56 Å². The average molecular weight is 346 g/mol. The predicted octanol–water partition coefficient (Wildman–Crippen LogP) is 5.02. The Morgan fingerprint density at radius 1 is 1.10 bits per heavy atom. The molecule has 100 valence electrons. The first kappa shape index (κ1) is 13.3. The molecule has 0 aliphatic heterocycles. The Labute approximate surface area is 129 Å². The van der Waals surface area contributed by atoms with Gasteiger partial charge in [0.2, 0.25) is 0 Å². The third-order valence-electron chi connectivity index (χ3n) is 2.81. The number of thiazole rings is 1. The number of aromatic nitrogens is 2. The molecule has 2 heterocycles. The smallest absolute Gasteiger partial charge is 0.188 e. The molecule has 0 aliphatic rings. The molecule has 1 aromatic carbocycles. The highest BCUT2D eigenvalue weighted by molar-refractivity contribution is 9.10. The largest absolute Gasteiger partial charge is 0.316 e. The van der Waals surface area contributed by atoms with Crippen molar-refractivity contribution in [2.75, 3.05) is 5.32 Å². The van der Waals surface area contributed by atoms with Crippen LogP contribution in [0.25, 0.3) is 11.3 Å². The fourth-order valence-electron chi connectivity index (χ4n) is 1.75. The van der Waals surface area contributed by atoms with Crippen LogP contribution >= 0.6 is 27.3 Å². The number of aryl methyl sites for hydroxylation is 1. The first-order valence-corrected chi connectivity index (χ1v) is 7.79. The van der Waals surface area contributed by atoms with Crippen molar-refractivity contribution in [3.05, 3.63) is 58.0 Å². The van der Waals surface area contributed by atoms with Crippen molar-refractivity contribution < 1.29 is 0 Å². The van der Waals surface area contributed by atoms with E-state index >= 15 is 0 Å². The van der Waals surface area contributed by atoms with Crippen LogP contribution in [0.15, 0.2) is 52.4 Å². The van der Waals surface area contributed by atoms with Crippen LogP contribution in [0.5, 0.6) is 0 Å². The lowest BCUT2D eigenvalue weighted by Gasteiger charge is -2.01. The van der Waals surface area contributed by atoms with E-state index in [0.29, 0.717) is 0 Å². The van der Waals surface area contributed by atoms with Crippen LogP contribution in [0.2, 0.25) is 0 Å². The Morgan fingerprint density at radius 3 is 2.60 bits per heavy atom. The molecule has 0 amide bonds. The highest BCUT2D eigenvalue weighted by atomic mass is 79.9. The fourth-order valence-corrected chi connectivity index (χ4v) is 2.71. The second-order valence-corrected chi connectivity index (χ2v) is 6.16. The zero-order chi connectivity index (χ0) is 13.9. The summed E-state index contributed by atoms with van der Waals surface area (Å²) in [6.45, 7) is 2.08. The number of hydrogen-bond donors (Lipinski definition) is 1. The minimum absolute atomic E-state index is 0.790. The quantitative estimate of drug-likeness (QED) is 0.724. The lowest BCUT2D eigenvalue weighted by Crippen LogP contribution is -1.92. The topological polar surface area (TPSA) is 37.8 Å². The molecular formula is C15H12BrN3S. The number of nitrogens with one attached hydrogen (secondary N) is 1. The number of anilines is 2. The number of pyridine rings is 1. The Morgan fingerprint density at radius 2 is 1.90 bits per heavy atom. The highest BCUT2D eigenvalue weighted by Crippen LogP contribution is 2.27. The summed E-state index contributed by atoms with van der Waals surface area (Å²) >= 11 is 4.94. The van der Waals surface area contributed by atoms with Gasteiger partial charge >= 0.3 is 0 Å². The molecule has 0 saturated carbocycles. The van der Waals surface area contributed by atoms with Gasteiger partial charge in [-0.3, -0.25) is 0 Å². The summed E-state index contributed by atoms with van der Waals surface area (Å²) in [6, 6.07) is 12.2. The van der Waals surface area contributed by atoms with Crippen molar-refractivity contribution in [3.63, 3.8) is 0 Å². The molecule has 0 fully saturated rings. The molecule has 2 aromatic heterocycles. The van der Waals surface area contributed by atoms with Crippen LogP contribution in [0, 0.1) is 6.92 Å². The molecule has 5 heteroatoms. The van der Waals surface area contributed by atoms with Crippen molar-refractivity contribution in [3.8, 4) is 11.3 Å². The van der Waals surface area contributed by atoms with Crippen molar-refractivity contribution >= 4 is 38.2 Å². The van der Waals surface area contributed by atoms with Gasteiger partial charge in [-0.25, -0.2) is 9.97 Å². The van der Waals surface area contributed by atoms with Gasteiger partial charge in [0.1, 0.15) is 5.82 Å². The van der Waals surface area contributed by atoms with Gasteiger partial charge < -0.3 is 5.32 Å². The second kappa shape index (κ2) is 5.73. The van der Waals surface area contributed by atoms with Crippen LogP contribution in [0.3, 0.4) is 0 Å². The number of halogens is 1. The Kier molecular flexibility index (Phi) is 3.80. The fraction of sp³-hybridized carbons (Fsp3) is 0.0667. The highest BCUT2D eigenvalue weighted by Gasteiger charge is 2.05. The molecule has 1 N–H and O–H groups in total. The van der Waals surface area contributed by atoms with Crippen LogP contribution in [0.1, 0.15) is 5.56 Å². The third kappa shape index (κ3) is 3.05. The minimum Gasteiger partial charge on any atom is -0.316 e. The van der Waals surface area contributed by atoms with Crippen molar-refractivity contribution in [2.24, 2.45) is 0 Å². The molecular weight excluding hydrogens is 334 g/mol. The first-order chi connectivity index (χ1) is 9.70. The second-order valence-electron chi connectivity index (χ2n) is 4.39. The van der Waals surface area contributed by atoms with Gasteiger partial charge in [0.05, 0.1) is 5.69 Å². The molecule has 0 radical (unpaired) electrons. The average Bonchev–Trinajstić information content (AvgIpc) is 2.91. The molecule has 20 heavy (non-hydrogen) atoms.